The van der Waals surface area contributed by atoms with E-state index in [0.29, 0.717) is 12.4 Å². The first-order valence-electron chi connectivity index (χ1n) is 6.16. The van der Waals surface area contributed by atoms with Crippen molar-refractivity contribution in [1.29, 1.82) is 0 Å². The Balaban J connectivity index is 2.48. The summed E-state index contributed by atoms with van der Waals surface area (Å²) in [6.07, 6.45) is 1.61. The lowest BCUT2D eigenvalue weighted by molar-refractivity contribution is 0.0697. The highest BCUT2D eigenvalue weighted by Gasteiger charge is 2.17. The molecule has 19 heavy (non-hydrogen) atoms. The molecule has 0 fully saturated rings. The summed E-state index contributed by atoms with van der Waals surface area (Å²) < 4.78 is 0. The molecule has 0 unspecified atom stereocenters. The fourth-order valence-electron chi connectivity index (χ4n) is 1.96. The van der Waals surface area contributed by atoms with Crippen LogP contribution >= 0.6 is 0 Å². The zero-order valence-corrected chi connectivity index (χ0v) is 11.0. The Morgan fingerprint density at radius 3 is 2.53 bits per heavy atom. The molecule has 1 aromatic heterocycles. The second-order valence-electron chi connectivity index (χ2n) is 4.26. The molecule has 0 bridgehead atoms. The van der Waals surface area contributed by atoms with E-state index < -0.39 is 5.97 Å². The number of carboxylic acids is 1. The molecule has 4 heteroatoms. The zero-order chi connectivity index (χ0) is 13.8. The molecular weight excluding hydrogens is 240 g/mol. The summed E-state index contributed by atoms with van der Waals surface area (Å²) in [5, 5.41) is 9.23. The summed E-state index contributed by atoms with van der Waals surface area (Å²) in [6, 6.07) is 11.2. The van der Waals surface area contributed by atoms with Gasteiger partial charge in [0.05, 0.1) is 0 Å². The molecule has 0 spiro atoms. The predicted molar refractivity (Wildman–Crippen MR) is 75.1 cm³/mol. The van der Waals surface area contributed by atoms with Gasteiger partial charge in [-0.15, -0.1) is 0 Å². The van der Waals surface area contributed by atoms with Gasteiger partial charge >= 0.3 is 5.97 Å². The van der Waals surface area contributed by atoms with E-state index in [0.717, 1.165) is 5.69 Å². The maximum Gasteiger partial charge on any atom is 0.339 e. The topological polar surface area (TPSA) is 53.4 Å². The van der Waals surface area contributed by atoms with Crippen molar-refractivity contribution < 1.29 is 9.90 Å². The first kappa shape index (κ1) is 13.1. The molecule has 2 rings (SSSR count). The number of nitrogens with zero attached hydrogens (tertiary/aromatic N) is 2. The van der Waals surface area contributed by atoms with Crippen molar-refractivity contribution in [1.82, 2.24) is 4.98 Å². The lowest BCUT2D eigenvalue weighted by Crippen LogP contribution is -2.20. The molecule has 0 aliphatic rings. The second-order valence-corrected chi connectivity index (χ2v) is 4.26. The van der Waals surface area contributed by atoms with Gasteiger partial charge in [0.15, 0.2) is 0 Å². The van der Waals surface area contributed by atoms with Crippen molar-refractivity contribution in [2.75, 3.05) is 11.4 Å². The molecule has 98 valence electrons. The summed E-state index contributed by atoms with van der Waals surface area (Å²) in [6.45, 7) is 4.64. The Hall–Kier alpha value is -2.36. The lowest BCUT2D eigenvalue weighted by atomic mass is 10.2. The van der Waals surface area contributed by atoms with Crippen LogP contribution in [0.2, 0.25) is 0 Å². The van der Waals surface area contributed by atoms with Crippen molar-refractivity contribution >= 4 is 17.5 Å². The summed E-state index contributed by atoms with van der Waals surface area (Å²) in [5.74, 6) is -0.491. The van der Waals surface area contributed by atoms with Crippen LogP contribution < -0.4 is 4.90 Å². The Labute approximate surface area is 112 Å². The number of aromatic carboxylic acids is 1. The highest BCUT2D eigenvalue weighted by Crippen LogP contribution is 2.26. The van der Waals surface area contributed by atoms with Crippen LogP contribution in [0.25, 0.3) is 0 Å². The minimum absolute atomic E-state index is 0.213. The van der Waals surface area contributed by atoms with E-state index in [9.17, 15) is 9.90 Å². The number of aryl methyl sites for hydroxylation is 1. The number of pyridine rings is 1. The van der Waals surface area contributed by atoms with E-state index in [1.165, 1.54) is 5.56 Å². The minimum Gasteiger partial charge on any atom is -0.478 e. The Bertz CT molecular complexity index is 579. The van der Waals surface area contributed by atoms with Gasteiger partial charge in [0, 0.05) is 18.4 Å². The van der Waals surface area contributed by atoms with E-state index >= 15 is 0 Å². The van der Waals surface area contributed by atoms with Gasteiger partial charge in [0.1, 0.15) is 11.4 Å². The number of rotatable bonds is 4. The lowest BCUT2D eigenvalue weighted by Gasteiger charge is -2.23. The first-order chi connectivity index (χ1) is 9.13. The van der Waals surface area contributed by atoms with Crippen molar-refractivity contribution in [3.05, 3.63) is 53.7 Å². The summed E-state index contributed by atoms with van der Waals surface area (Å²) in [7, 11) is 0. The third-order valence-corrected chi connectivity index (χ3v) is 2.93. The quantitative estimate of drug-likeness (QED) is 0.912. The van der Waals surface area contributed by atoms with Crippen LogP contribution in [-0.2, 0) is 0 Å². The molecule has 0 radical (unpaired) electrons. The van der Waals surface area contributed by atoms with Crippen molar-refractivity contribution in [2.24, 2.45) is 0 Å². The van der Waals surface area contributed by atoms with Crippen LogP contribution in [0.3, 0.4) is 0 Å². The van der Waals surface area contributed by atoms with Gasteiger partial charge in [-0.1, -0.05) is 17.7 Å². The molecule has 0 saturated heterocycles. The smallest absolute Gasteiger partial charge is 0.339 e. The predicted octanol–water partition coefficient (Wildman–Crippen LogP) is 3.25. The van der Waals surface area contributed by atoms with Crippen molar-refractivity contribution in [3.63, 3.8) is 0 Å². The Kier molecular flexibility index (Phi) is 3.80. The highest BCUT2D eigenvalue weighted by molar-refractivity contribution is 5.94. The minimum atomic E-state index is -0.964. The van der Waals surface area contributed by atoms with Crippen LogP contribution in [0, 0.1) is 6.92 Å². The maximum absolute atomic E-state index is 11.3. The number of aromatic nitrogens is 1. The molecule has 1 aromatic carbocycles. The van der Waals surface area contributed by atoms with Gasteiger partial charge in [0.2, 0.25) is 0 Å². The van der Waals surface area contributed by atoms with Crippen LogP contribution in [0.1, 0.15) is 22.8 Å². The third-order valence-electron chi connectivity index (χ3n) is 2.93. The monoisotopic (exact) mass is 256 g/mol. The number of hydrogen-bond acceptors (Lipinski definition) is 3. The summed E-state index contributed by atoms with van der Waals surface area (Å²) in [4.78, 5) is 17.4. The van der Waals surface area contributed by atoms with Gasteiger partial charge in [0.25, 0.3) is 0 Å². The second kappa shape index (κ2) is 5.52. The highest BCUT2D eigenvalue weighted by atomic mass is 16.4. The standard InChI is InChI=1S/C15H16N2O2/c1-3-17(12-8-6-11(2)7-9-12)14-13(15(18)19)5-4-10-16-14/h4-10H,3H2,1-2H3,(H,18,19). The van der Waals surface area contributed by atoms with Crippen LogP contribution in [0.15, 0.2) is 42.6 Å². The van der Waals surface area contributed by atoms with Gasteiger partial charge in [-0.05, 0) is 38.1 Å². The molecule has 0 aliphatic carbocycles. The molecule has 4 nitrogen and oxygen atoms in total. The molecule has 0 aliphatic heterocycles. The fraction of sp³-hybridized carbons (Fsp3) is 0.200. The van der Waals surface area contributed by atoms with Gasteiger partial charge in [-0.3, -0.25) is 0 Å². The average molecular weight is 256 g/mol. The zero-order valence-electron chi connectivity index (χ0n) is 11.0. The van der Waals surface area contributed by atoms with E-state index in [2.05, 4.69) is 4.98 Å². The normalized spacial score (nSPS) is 10.2. The SMILES string of the molecule is CCN(c1ccc(C)cc1)c1ncccc1C(=O)O. The number of benzene rings is 1. The molecular formula is C15H16N2O2. The molecule has 0 atom stereocenters. The summed E-state index contributed by atoms with van der Waals surface area (Å²) in [5.41, 5.74) is 2.32. The largest absolute Gasteiger partial charge is 0.478 e. The van der Waals surface area contributed by atoms with Gasteiger partial charge < -0.3 is 10.0 Å². The summed E-state index contributed by atoms with van der Waals surface area (Å²) >= 11 is 0. The van der Waals surface area contributed by atoms with E-state index in [1.54, 1.807) is 18.3 Å². The van der Waals surface area contributed by atoms with Crippen LogP contribution in [0.5, 0.6) is 0 Å². The number of anilines is 2. The number of carbonyl (C=O) groups is 1. The van der Waals surface area contributed by atoms with Crippen molar-refractivity contribution in [3.8, 4) is 0 Å². The number of hydrogen-bond donors (Lipinski definition) is 1. The Morgan fingerprint density at radius 1 is 1.26 bits per heavy atom. The molecule has 1 heterocycles. The molecule has 1 N–H and O–H groups in total. The van der Waals surface area contributed by atoms with E-state index in [4.69, 9.17) is 0 Å². The first-order valence-corrected chi connectivity index (χ1v) is 6.16. The van der Waals surface area contributed by atoms with E-state index in [-0.39, 0.29) is 5.56 Å². The fourth-order valence-corrected chi connectivity index (χ4v) is 1.96. The van der Waals surface area contributed by atoms with Gasteiger partial charge in [-0.25, -0.2) is 9.78 Å². The average Bonchev–Trinajstić information content (AvgIpc) is 2.42. The molecule has 0 saturated carbocycles. The third kappa shape index (κ3) is 2.73. The maximum atomic E-state index is 11.3. The molecule has 0 amide bonds. The molecule has 2 aromatic rings. The van der Waals surface area contributed by atoms with Crippen LogP contribution in [0.4, 0.5) is 11.5 Å². The van der Waals surface area contributed by atoms with E-state index in [1.807, 2.05) is 43.0 Å². The van der Waals surface area contributed by atoms with Crippen LogP contribution in [-0.4, -0.2) is 22.6 Å². The van der Waals surface area contributed by atoms with Crippen molar-refractivity contribution in [2.45, 2.75) is 13.8 Å². The van der Waals surface area contributed by atoms with Gasteiger partial charge in [-0.2, -0.15) is 0 Å². The Morgan fingerprint density at radius 2 is 1.95 bits per heavy atom. The number of carboxylic acid groups (broad SMARTS) is 1.